The molecule has 12 heavy (non-hydrogen) atoms. The highest BCUT2D eigenvalue weighted by Crippen LogP contribution is 2.09. The maximum atomic E-state index is 10.2. The maximum Gasteiger partial charge on any atom is 0.313 e. The van der Waals surface area contributed by atoms with Gasteiger partial charge in [-0.2, -0.15) is 5.10 Å². The molecule has 0 amide bonds. The van der Waals surface area contributed by atoms with E-state index >= 15 is 0 Å². The van der Waals surface area contributed by atoms with Crippen LogP contribution in [0.25, 0.3) is 0 Å². The Morgan fingerprint density at radius 3 is 3.08 bits per heavy atom. The molecule has 0 saturated carbocycles. The number of hydrogen-bond donors (Lipinski definition) is 1. The van der Waals surface area contributed by atoms with Crippen LogP contribution in [-0.2, 0) is 17.6 Å². The minimum Gasteiger partial charge on any atom is -0.481 e. The van der Waals surface area contributed by atoms with Gasteiger partial charge in [-0.05, 0) is 5.56 Å². The summed E-state index contributed by atoms with van der Waals surface area (Å²) in [5.74, 6) is 0.0820. The van der Waals surface area contributed by atoms with Crippen LogP contribution in [0.3, 0.4) is 0 Å². The molecule has 5 heteroatoms. The molecule has 0 aliphatic rings. The molecule has 0 aliphatic heterocycles. The van der Waals surface area contributed by atoms with Crippen LogP contribution in [0.5, 0.6) is 0 Å². The van der Waals surface area contributed by atoms with Gasteiger partial charge >= 0.3 is 5.97 Å². The van der Waals surface area contributed by atoms with E-state index in [1.165, 1.54) is 11.8 Å². The van der Waals surface area contributed by atoms with Crippen molar-refractivity contribution in [3.63, 3.8) is 0 Å². The third-order valence-corrected chi connectivity index (χ3v) is 2.24. The zero-order chi connectivity index (χ0) is 8.97. The molecule has 0 aliphatic carbocycles. The highest BCUT2D eigenvalue weighted by Gasteiger charge is 1.99. The average Bonchev–Trinajstić information content (AvgIpc) is 2.35. The summed E-state index contributed by atoms with van der Waals surface area (Å²) in [6.45, 7) is 0. The molecule has 4 nitrogen and oxygen atoms in total. The summed E-state index contributed by atoms with van der Waals surface area (Å²) >= 11 is 1.37. The van der Waals surface area contributed by atoms with E-state index in [0.717, 1.165) is 5.56 Å². The molecule has 0 unspecified atom stereocenters. The molecule has 1 aromatic heterocycles. The topological polar surface area (TPSA) is 55.1 Å². The third-order valence-electron chi connectivity index (χ3n) is 1.25. The van der Waals surface area contributed by atoms with E-state index in [0.29, 0.717) is 5.75 Å². The van der Waals surface area contributed by atoms with Gasteiger partial charge in [-0.3, -0.25) is 9.48 Å². The van der Waals surface area contributed by atoms with Crippen molar-refractivity contribution in [2.75, 3.05) is 5.75 Å². The number of thioether (sulfide) groups is 1. The van der Waals surface area contributed by atoms with E-state index in [2.05, 4.69) is 5.10 Å². The number of carbonyl (C=O) groups is 1. The number of rotatable bonds is 4. The van der Waals surface area contributed by atoms with E-state index in [4.69, 9.17) is 5.11 Å². The Bertz CT molecular complexity index is 272. The first-order valence-corrected chi connectivity index (χ1v) is 4.61. The number of aryl methyl sites for hydroxylation is 1. The molecular formula is C7H10N2O2S. The molecule has 0 spiro atoms. The lowest BCUT2D eigenvalue weighted by atomic mass is 10.4. The first-order chi connectivity index (χ1) is 5.68. The molecule has 0 atom stereocenters. The van der Waals surface area contributed by atoms with Crippen molar-refractivity contribution in [1.82, 2.24) is 9.78 Å². The summed E-state index contributed by atoms with van der Waals surface area (Å²) in [7, 11) is 1.84. The van der Waals surface area contributed by atoms with E-state index < -0.39 is 5.97 Å². The predicted octanol–water partition coefficient (Wildman–Crippen LogP) is 0.738. The number of carboxylic acid groups (broad SMARTS) is 1. The number of carboxylic acids is 1. The van der Waals surface area contributed by atoms with E-state index in [1.807, 2.05) is 13.2 Å². The Morgan fingerprint density at radius 1 is 1.83 bits per heavy atom. The van der Waals surface area contributed by atoms with Crippen LogP contribution in [-0.4, -0.2) is 26.6 Å². The zero-order valence-corrected chi connectivity index (χ0v) is 7.54. The van der Waals surface area contributed by atoms with Crippen molar-refractivity contribution in [3.8, 4) is 0 Å². The van der Waals surface area contributed by atoms with Gasteiger partial charge in [-0.1, -0.05) is 0 Å². The van der Waals surface area contributed by atoms with Gasteiger partial charge in [0.25, 0.3) is 0 Å². The fraction of sp³-hybridized carbons (Fsp3) is 0.429. The molecule has 1 aromatic rings. The van der Waals surface area contributed by atoms with Crippen LogP contribution in [0.4, 0.5) is 0 Å². The van der Waals surface area contributed by atoms with Gasteiger partial charge in [0.15, 0.2) is 0 Å². The summed E-state index contributed by atoms with van der Waals surface area (Å²) in [5, 5.41) is 12.3. The number of nitrogens with zero attached hydrogens (tertiary/aromatic N) is 2. The zero-order valence-electron chi connectivity index (χ0n) is 6.73. The van der Waals surface area contributed by atoms with Gasteiger partial charge < -0.3 is 5.11 Å². The van der Waals surface area contributed by atoms with E-state index in [1.54, 1.807) is 10.9 Å². The van der Waals surface area contributed by atoms with Crippen molar-refractivity contribution in [3.05, 3.63) is 18.0 Å². The maximum absolute atomic E-state index is 10.2. The molecule has 0 saturated heterocycles. The highest BCUT2D eigenvalue weighted by atomic mass is 32.2. The van der Waals surface area contributed by atoms with Crippen molar-refractivity contribution in [1.29, 1.82) is 0 Å². The van der Waals surface area contributed by atoms with E-state index in [-0.39, 0.29) is 5.75 Å². The molecular weight excluding hydrogens is 176 g/mol. The normalized spacial score (nSPS) is 10.1. The van der Waals surface area contributed by atoms with Gasteiger partial charge in [-0.25, -0.2) is 0 Å². The Hall–Kier alpha value is -0.970. The summed E-state index contributed by atoms with van der Waals surface area (Å²) in [6.07, 6.45) is 3.63. The third kappa shape index (κ3) is 2.96. The number of aliphatic carboxylic acids is 1. The predicted molar refractivity (Wildman–Crippen MR) is 47.0 cm³/mol. The Morgan fingerprint density at radius 2 is 2.58 bits per heavy atom. The highest BCUT2D eigenvalue weighted by molar-refractivity contribution is 7.99. The Balaban J connectivity index is 2.29. The van der Waals surface area contributed by atoms with Crippen LogP contribution >= 0.6 is 11.8 Å². The monoisotopic (exact) mass is 186 g/mol. The van der Waals surface area contributed by atoms with E-state index in [9.17, 15) is 4.79 Å². The minimum absolute atomic E-state index is 0.148. The molecule has 0 aromatic carbocycles. The van der Waals surface area contributed by atoms with Gasteiger partial charge in [-0.15, -0.1) is 11.8 Å². The minimum atomic E-state index is -0.774. The van der Waals surface area contributed by atoms with Gasteiger partial charge in [0.05, 0.1) is 11.9 Å². The average molecular weight is 186 g/mol. The lowest BCUT2D eigenvalue weighted by molar-refractivity contribution is -0.133. The fourth-order valence-corrected chi connectivity index (χ4v) is 1.46. The summed E-state index contributed by atoms with van der Waals surface area (Å²) in [4.78, 5) is 10.2. The van der Waals surface area contributed by atoms with Crippen LogP contribution in [0.2, 0.25) is 0 Å². The van der Waals surface area contributed by atoms with Crippen molar-refractivity contribution >= 4 is 17.7 Å². The largest absolute Gasteiger partial charge is 0.481 e. The molecule has 0 fully saturated rings. The quantitative estimate of drug-likeness (QED) is 0.753. The van der Waals surface area contributed by atoms with Crippen molar-refractivity contribution in [2.24, 2.45) is 7.05 Å². The first-order valence-electron chi connectivity index (χ1n) is 3.45. The molecule has 1 heterocycles. The first kappa shape index (κ1) is 9.12. The fourth-order valence-electron chi connectivity index (χ4n) is 0.803. The molecule has 66 valence electrons. The molecule has 1 N–H and O–H groups in total. The van der Waals surface area contributed by atoms with Crippen molar-refractivity contribution < 1.29 is 9.90 Å². The Labute approximate surface area is 74.6 Å². The van der Waals surface area contributed by atoms with Gasteiger partial charge in [0.1, 0.15) is 0 Å². The standard InChI is InChI=1S/C7H10N2O2S/c1-9-3-6(2-8-9)4-12-5-7(10)11/h2-3H,4-5H2,1H3,(H,10,11). The summed E-state index contributed by atoms with van der Waals surface area (Å²) in [5.41, 5.74) is 1.06. The molecule has 0 bridgehead atoms. The van der Waals surface area contributed by atoms with Crippen LogP contribution in [0.15, 0.2) is 12.4 Å². The van der Waals surface area contributed by atoms with Gasteiger partial charge in [0, 0.05) is 19.0 Å². The lowest BCUT2D eigenvalue weighted by Crippen LogP contribution is -1.97. The van der Waals surface area contributed by atoms with Gasteiger partial charge in [0.2, 0.25) is 0 Å². The smallest absolute Gasteiger partial charge is 0.313 e. The second-order valence-corrected chi connectivity index (χ2v) is 3.39. The SMILES string of the molecule is Cn1cc(CSCC(=O)O)cn1. The second-order valence-electron chi connectivity index (χ2n) is 2.41. The lowest BCUT2D eigenvalue weighted by Gasteiger charge is -1.93. The van der Waals surface area contributed by atoms with Crippen molar-refractivity contribution in [2.45, 2.75) is 5.75 Å². The number of aromatic nitrogens is 2. The van der Waals surface area contributed by atoms with Crippen LogP contribution in [0, 0.1) is 0 Å². The number of hydrogen-bond acceptors (Lipinski definition) is 3. The van der Waals surface area contributed by atoms with Crippen LogP contribution in [0.1, 0.15) is 5.56 Å². The molecule has 1 rings (SSSR count). The summed E-state index contributed by atoms with van der Waals surface area (Å²) in [6, 6.07) is 0. The Kier molecular flexibility index (Phi) is 3.16. The van der Waals surface area contributed by atoms with Crippen LogP contribution < -0.4 is 0 Å². The molecule has 0 radical (unpaired) electrons. The summed E-state index contributed by atoms with van der Waals surface area (Å²) < 4.78 is 1.71. The second kappa shape index (κ2) is 4.15.